The molecule has 1 saturated heterocycles. The Morgan fingerprint density at radius 1 is 0.929 bits per heavy atom. The number of hydrogen-bond acceptors (Lipinski definition) is 3. The Morgan fingerprint density at radius 2 is 1.57 bits per heavy atom. The van der Waals surface area contributed by atoms with Crippen LogP contribution >= 0.6 is 24.8 Å². The summed E-state index contributed by atoms with van der Waals surface area (Å²) in [6.45, 7) is 4.62. The van der Waals surface area contributed by atoms with E-state index in [0.717, 1.165) is 18.6 Å². The normalized spacial score (nSPS) is 16.1. The zero-order valence-electron chi connectivity index (χ0n) is 16.5. The maximum Gasteiger partial charge on any atom is 0.0722 e. The van der Waals surface area contributed by atoms with Crippen molar-refractivity contribution in [3.8, 4) is 0 Å². The molecule has 150 valence electrons. The van der Waals surface area contributed by atoms with Crippen LogP contribution in [0.2, 0.25) is 0 Å². The van der Waals surface area contributed by atoms with Crippen molar-refractivity contribution in [1.82, 2.24) is 9.88 Å². The molecule has 0 spiro atoms. The first-order valence-corrected chi connectivity index (χ1v) is 9.59. The monoisotopic (exact) mass is 417 g/mol. The fraction of sp³-hybridized carbons (Fsp3) is 0.348. The van der Waals surface area contributed by atoms with E-state index in [-0.39, 0.29) is 24.8 Å². The second-order valence-electron chi connectivity index (χ2n) is 7.31. The molecule has 0 N–H and O–H groups in total. The molecule has 28 heavy (non-hydrogen) atoms. The van der Waals surface area contributed by atoms with Gasteiger partial charge in [-0.1, -0.05) is 48.5 Å². The molecule has 0 radical (unpaired) electrons. The first-order valence-electron chi connectivity index (χ1n) is 9.59. The molecule has 3 nitrogen and oxygen atoms in total. The number of halogens is 2. The van der Waals surface area contributed by atoms with Crippen LogP contribution in [0.15, 0.2) is 66.9 Å². The van der Waals surface area contributed by atoms with Crippen molar-refractivity contribution in [2.45, 2.75) is 31.8 Å². The van der Waals surface area contributed by atoms with E-state index in [1.165, 1.54) is 29.5 Å². The fourth-order valence-corrected chi connectivity index (χ4v) is 4.19. The van der Waals surface area contributed by atoms with Gasteiger partial charge in [0.15, 0.2) is 0 Å². The third-order valence-corrected chi connectivity index (χ3v) is 5.88. The number of rotatable bonds is 4. The van der Waals surface area contributed by atoms with Gasteiger partial charge in [0.05, 0.1) is 5.52 Å². The molecule has 0 bridgehead atoms. The lowest BCUT2D eigenvalue weighted by molar-refractivity contribution is 0.162. The number of fused-ring (bicyclic) bond motifs is 1. The molecule has 1 aromatic heterocycles. The van der Waals surface area contributed by atoms with Gasteiger partial charge in [0, 0.05) is 49.5 Å². The van der Waals surface area contributed by atoms with E-state index in [2.05, 4.69) is 89.4 Å². The molecule has 4 rings (SSSR count). The molecule has 1 atom stereocenters. The first-order chi connectivity index (χ1) is 12.7. The van der Waals surface area contributed by atoms with Crippen LogP contribution < -0.4 is 4.90 Å². The van der Waals surface area contributed by atoms with Gasteiger partial charge in [0.1, 0.15) is 0 Å². The summed E-state index contributed by atoms with van der Waals surface area (Å²) in [7, 11) is 2.24. The van der Waals surface area contributed by atoms with Gasteiger partial charge < -0.3 is 4.90 Å². The quantitative estimate of drug-likeness (QED) is 0.539. The second-order valence-corrected chi connectivity index (χ2v) is 7.31. The highest BCUT2D eigenvalue weighted by Crippen LogP contribution is 2.30. The Bertz CT molecular complexity index is 859. The topological polar surface area (TPSA) is 19.4 Å². The fourth-order valence-electron chi connectivity index (χ4n) is 4.19. The SMILES string of the molecule is CC(c1ccccc1)N1CCC(N(C)c2ccnc3ccccc23)CC1.Cl.Cl. The van der Waals surface area contributed by atoms with Gasteiger partial charge in [0.25, 0.3) is 0 Å². The van der Waals surface area contributed by atoms with Crippen LogP contribution in [-0.2, 0) is 0 Å². The van der Waals surface area contributed by atoms with Crippen molar-refractivity contribution in [3.05, 3.63) is 72.4 Å². The summed E-state index contributed by atoms with van der Waals surface area (Å²) < 4.78 is 0. The average molecular weight is 418 g/mol. The number of anilines is 1. The van der Waals surface area contributed by atoms with E-state index in [1.54, 1.807) is 0 Å². The maximum absolute atomic E-state index is 4.50. The highest BCUT2D eigenvalue weighted by Gasteiger charge is 2.26. The van der Waals surface area contributed by atoms with E-state index in [9.17, 15) is 0 Å². The van der Waals surface area contributed by atoms with Crippen molar-refractivity contribution in [2.75, 3.05) is 25.0 Å². The summed E-state index contributed by atoms with van der Waals surface area (Å²) in [5, 5.41) is 1.25. The highest BCUT2D eigenvalue weighted by molar-refractivity contribution is 5.91. The molecule has 1 unspecified atom stereocenters. The van der Waals surface area contributed by atoms with E-state index in [4.69, 9.17) is 0 Å². The number of aromatic nitrogens is 1. The van der Waals surface area contributed by atoms with Gasteiger partial charge in [-0.2, -0.15) is 0 Å². The Morgan fingerprint density at radius 3 is 2.29 bits per heavy atom. The van der Waals surface area contributed by atoms with Crippen LogP contribution in [0, 0.1) is 0 Å². The van der Waals surface area contributed by atoms with Crippen LogP contribution in [0.1, 0.15) is 31.4 Å². The number of pyridine rings is 1. The van der Waals surface area contributed by atoms with Crippen molar-refractivity contribution < 1.29 is 0 Å². The minimum Gasteiger partial charge on any atom is -0.371 e. The molecule has 0 saturated carbocycles. The Labute approximate surface area is 180 Å². The number of likely N-dealkylation sites (tertiary alicyclic amines) is 1. The molecule has 1 aliphatic heterocycles. The molecule has 0 amide bonds. The lowest BCUT2D eigenvalue weighted by Gasteiger charge is -2.40. The van der Waals surface area contributed by atoms with Crippen LogP contribution in [0.5, 0.6) is 0 Å². The van der Waals surface area contributed by atoms with E-state index in [0.29, 0.717) is 12.1 Å². The second kappa shape index (κ2) is 10.1. The van der Waals surface area contributed by atoms with Crippen molar-refractivity contribution in [2.24, 2.45) is 0 Å². The predicted molar refractivity (Wildman–Crippen MR) is 124 cm³/mol. The summed E-state index contributed by atoms with van der Waals surface area (Å²) in [6.07, 6.45) is 4.33. The van der Waals surface area contributed by atoms with Gasteiger partial charge in [-0.15, -0.1) is 24.8 Å². The zero-order chi connectivity index (χ0) is 17.9. The maximum atomic E-state index is 4.50. The molecule has 2 aromatic carbocycles. The Hall–Kier alpha value is -1.81. The molecule has 1 fully saturated rings. The standard InChI is InChI=1S/C23H27N3.2ClH/c1-18(19-8-4-3-5-9-19)26-16-13-20(14-17-26)25(2)23-12-15-24-22-11-7-6-10-21(22)23;;/h3-12,15,18,20H,13-14,16-17H2,1-2H3;2*1H. The van der Waals surface area contributed by atoms with Crippen molar-refractivity contribution in [3.63, 3.8) is 0 Å². The van der Waals surface area contributed by atoms with Gasteiger partial charge >= 0.3 is 0 Å². The zero-order valence-corrected chi connectivity index (χ0v) is 18.1. The third kappa shape index (κ3) is 4.60. The Balaban J connectivity index is 0.00000140. The molecular formula is C23H29Cl2N3. The lowest BCUT2D eigenvalue weighted by atomic mass is 9.98. The van der Waals surface area contributed by atoms with Gasteiger partial charge in [-0.05, 0) is 37.5 Å². The first kappa shape index (κ1) is 22.5. The molecular weight excluding hydrogens is 389 g/mol. The molecule has 2 heterocycles. The lowest BCUT2D eigenvalue weighted by Crippen LogP contribution is -2.44. The summed E-state index contributed by atoms with van der Waals surface area (Å²) in [4.78, 5) is 9.59. The highest BCUT2D eigenvalue weighted by atomic mass is 35.5. The minimum absolute atomic E-state index is 0. The van der Waals surface area contributed by atoms with E-state index < -0.39 is 0 Å². The summed E-state index contributed by atoms with van der Waals surface area (Å²) >= 11 is 0. The number of hydrogen-bond donors (Lipinski definition) is 0. The van der Waals surface area contributed by atoms with Gasteiger partial charge in [0.2, 0.25) is 0 Å². The smallest absolute Gasteiger partial charge is 0.0722 e. The number of benzene rings is 2. The number of para-hydroxylation sites is 1. The molecule has 1 aliphatic rings. The molecule has 5 heteroatoms. The van der Waals surface area contributed by atoms with E-state index in [1.807, 2.05) is 6.20 Å². The number of piperidine rings is 1. The van der Waals surface area contributed by atoms with Crippen LogP contribution in [0.4, 0.5) is 5.69 Å². The largest absolute Gasteiger partial charge is 0.371 e. The summed E-state index contributed by atoms with van der Waals surface area (Å²) in [6, 6.07) is 22.5. The van der Waals surface area contributed by atoms with Gasteiger partial charge in [-0.25, -0.2) is 0 Å². The van der Waals surface area contributed by atoms with Crippen molar-refractivity contribution in [1.29, 1.82) is 0 Å². The van der Waals surface area contributed by atoms with Crippen LogP contribution in [0.3, 0.4) is 0 Å². The van der Waals surface area contributed by atoms with Crippen LogP contribution in [-0.4, -0.2) is 36.1 Å². The Kier molecular flexibility index (Phi) is 8.11. The summed E-state index contributed by atoms with van der Waals surface area (Å²) in [5.74, 6) is 0. The summed E-state index contributed by atoms with van der Waals surface area (Å²) in [5.41, 5.74) is 3.79. The predicted octanol–water partition coefficient (Wildman–Crippen LogP) is 5.74. The average Bonchev–Trinajstić information content (AvgIpc) is 2.73. The van der Waals surface area contributed by atoms with E-state index >= 15 is 0 Å². The minimum atomic E-state index is 0. The number of nitrogens with zero attached hydrogens (tertiary/aromatic N) is 3. The third-order valence-electron chi connectivity index (χ3n) is 5.88. The van der Waals surface area contributed by atoms with Crippen LogP contribution in [0.25, 0.3) is 10.9 Å². The van der Waals surface area contributed by atoms with Gasteiger partial charge in [-0.3, -0.25) is 9.88 Å². The molecule has 3 aromatic rings. The molecule has 0 aliphatic carbocycles. The van der Waals surface area contributed by atoms with Crippen molar-refractivity contribution >= 4 is 41.4 Å².